The molecule has 1 unspecified atom stereocenters. The van der Waals surface area contributed by atoms with Crippen molar-refractivity contribution in [2.45, 2.75) is 75.8 Å². The third-order valence-corrected chi connectivity index (χ3v) is 6.42. The highest BCUT2D eigenvalue weighted by molar-refractivity contribution is 5.06. The summed E-state index contributed by atoms with van der Waals surface area (Å²) in [6.45, 7) is 4.15. The zero-order valence-electron chi connectivity index (χ0n) is 11.7. The van der Waals surface area contributed by atoms with Crippen LogP contribution in [0.2, 0.25) is 0 Å². The average Bonchev–Trinajstić information content (AvgIpc) is 2.35. The molecule has 4 aliphatic rings. The lowest BCUT2D eigenvalue weighted by atomic mass is 9.65. The predicted molar refractivity (Wildman–Crippen MR) is 74.7 cm³/mol. The van der Waals surface area contributed by atoms with E-state index in [2.05, 4.69) is 10.2 Å². The Hall–Kier alpha value is -0.0800. The Kier molecular flexibility index (Phi) is 2.74. The lowest BCUT2D eigenvalue weighted by Crippen LogP contribution is -2.66. The van der Waals surface area contributed by atoms with Gasteiger partial charge in [-0.2, -0.15) is 0 Å². The van der Waals surface area contributed by atoms with E-state index in [0.717, 1.165) is 11.5 Å². The summed E-state index contributed by atoms with van der Waals surface area (Å²) >= 11 is 0. The fourth-order valence-corrected chi connectivity index (χ4v) is 5.12. The van der Waals surface area contributed by atoms with E-state index in [-0.39, 0.29) is 0 Å². The Labute approximate surface area is 111 Å². The Morgan fingerprint density at radius 1 is 0.889 bits per heavy atom. The van der Waals surface area contributed by atoms with Gasteiger partial charge in [0.2, 0.25) is 0 Å². The lowest BCUT2D eigenvalue weighted by Gasteiger charge is -2.59. The lowest BCUT2D eigenvalue weighted by molar-refractivity contribution is -0.0763. The SMILES string of the molecule is C1CCC2(CC1)CN(C1CCNC3(CCC3)C1)C2. The highest BCUT2D eigenvalue weighted by Crippen LogP contribution is 2.47. The van der Waals surface area contributed by atoms with Crippen LogP contribution in [0.15, 0.2) is 0 Å². The molecule has 0 radical (unpaired) electrons. The summed E-state index contributed by atoms with van der Waals surface area (Å²) in [6.07, 6.45) is 14.8. The number of rotatable bonds is 1. The summed E-state index contributed by atoms with van der Waals surface area (Å²) in [7, 11) is 0. The predicted octanol–water partition coefficient (Wildman–Crippen LogP) is 2.93. The van der Waals surface area contributed by atoms with E-state index >= 15 is 0 Å². The number of nitrogens with zero attached hydrogens (tertiary/aromatic N) is 1. The zero-order chi connectivity index (χ0) is 12.1. The summed E-state index contributed by atoms with van der Waals surface area (Å²) in [6, 6.07) is 0.916. The van der Waals surface area contributed by atoms with Gasteiger partial charge in [-0.1, -0.05) is 19.3 Å². The Bertz CT molecular complexity index is 307. The molecule has 0 aromatic carbocycles. The Morgan fingerprint density at radius 2 is 1.67 bits per heavy atom. The van der Waals surface area contributed by atoms with Gasteiger partial charge in [0, 0.05) is 24.7 Å². The summed E-state index contributed by atoms with van der Waals surface area (Å²) in [5.74, 6) is 0. The molecule has 102 valence electrons. The molecule has 2 aliphatic heterocycles. The highest BCUT2D eigenvalue weighted by atomic mass is 15.2. The van der Waals surface area contributed by atoms with Crippen molar-refractivity contribution in [1.29, 1.82) is 0 Å². The van der Waals surface area contributed by atoms with Crippen molar-refractivity contribution >= 4 is 0 Å². The monoisotopic (exact) mass is 248 g/mol. The van der Waals surface area contributed by atoms with Gasteiger partial charge in [-0.15, -0.1) is 0 Å². The van der Waals surface area contributed by atoms with Gasteiger partial charge in [0.25, 0.3) is 0 Å². The van der Waals surface area contributed by atoms with Crippen LogP contribution in [0.3, 0.4) is 0 Å². The first-order valence-electron chi connectivity index (χ1n) is 8.29. The van der Waals surface area contributed by atoms with Crippen LogP contribution in [0.1, 0.15) is 64.2 Å². The van der Waals surface area contributed by atoms with Crippen LogP contribution in [0, 0.1) is 5.41 Å². The Morgan fingerprint density at radius 3 is 2.33 bits per heavy atom. The molecule has 2 saturated heterocycles. The first-order valence-corrected chi connectivity index (χ1v) is 8.29. The first kappa shape index (κ1) is 11.7. The van der Waals surface area contributed by atoms with Crippen LogP contribution in [0.5, 0.6) is 0 Å². The number of likely N-dealkylation sites (tertiary alicyclic amines) is 1. The quantitative estimate of drug-likeness (QED) is 0.767. The minimum Gasteiger partial charge on any atom is -0.311 e. The molecule has 1 N–H and O–H groups in total. The molecule has 0 amide bonds. The van der Waals surface area contributed by atoms with Gasteiger partial charge in [-0.05, 0) is 56.9 Å². The minimum absolute atomic E-state index is 0.582. The van der Waals surface area contributed by atoms with Crippen molar-refractivity contribution in [2.75, 3.05) is 19.6 Å². The van der Waals surface area contributed by atoms with E-state index in [4.69, 9.17) is 0 Å². The fraction of sp³-hybridized carbons (Fsp3) is 1.00. The number of hydrogen-bond donors (Lipinski definition) is 1. The third-order valence-electron chi connectivity index (χ3n) is 6.42. The molecular weight excluding hydrogens is 220 g/mol. The topological polar surface area (TPSA) is 15.3 Å². The zero-order valence-corrected chi connectivity index (χ0v) is 11.7. The van der Waals surface area contributed by atoms with E-state index in [0.29, 0.717) is 5.54 Å². The molecular formula is C16H28N2. The normalized spacial score (nSPS) is 38.3. The van der Waals surface area contributed by atoms with Crippen molar-refractivity contribution < 1.29 is 0 Å². The molecule has 4 rings (SSSR count). The minimum atomic E-state index is 0.582. The maximum Gasteiger partial charge on any atom is 0.0196 e. The third kappa shape index (κ3) is 1.84. The van der Waals surface area contributed by atoms with Crippen LogP contribution >= 0.6 is 0 Å². The molecule has 2 aliphatic carbocycles. The molecule has 2 spiro atoms. The van der Waals surface area contributed by atoms with Gasteiger partial charge in [-0.25, -0.2) is 0 Å². The standard InChI is InChI=1S/C16H28N2/c1-2-6-15(7-3-1)12-18(13-15)14-5-10-17-16(11-14)8-4-9-16/h14,17H,1-13H2. The van der Waals surface area contributed by atoms with E-state index in [9.17, 15) is 0 Å². The van der Waals surface area contributed by atoms with Crippen molar-refractivity contribution in [3.63, 3.8) is 0 Å². The smallest absolute Gasteiger partial charge is 0.0196 e. The second kappa shape index (κ2) is 4.21. The molecule has 2 heteroatoms. The van der Waals surface area contributed by atoms with Gasteiger partial charge < -0.3 is 5.32 Å². The fourth-order valence-electron chi connectivity index (χ4n) is 5.12. The van der Waals surface area contributed by atoms with Gasteiger partial charge in [-0.3, -0.25) is 4.90 Å². The molecule has 2 saturated carbocycles. The van der Waals surface area contributed by atoms with Gasteiger partial charge in [0.05, 0.1) is 0 Å². The van der Waals surface area contributed by atoms with Crippen LogP contribution < -0.4 is 5.32 Å². The van der Waals surface area contributed by atoms with E-state index < -0.39 is 0 Å². The second-order valence-electron chi connectivity index (χ2n) is 7.67. The molecule has 18 heavy (non-hydrogen) atoms. The summed E-state index contributed by atoms with van der Waals surface area (Å²) < 4.78 is 0. The number of piperidine rings is 1. The van der Waals surface area contributed by atoms with Crippen LogP contribution in [-0.2, 0) is 0 Å². The molecule has 2 nitrogen and oxygen atoms in total. The van der Waals surface area contributed by atoms with Gasteiger partial charge in [0.15, 0.2) is 0 Å². The summed E-state index contributed by atoms with van der Waals surface area (Å²) in [4.78, 5) is 2.84. The molecule has 0 bridgehead atoms. The average molecular weight is 248 g/mol. The number of hydrogen-bond acceptors (Lipinski definition) is 2. The molecule has 2 heterocycles. The van der Waals surface area contributed by atoms with E-state index in [1.54, 1.807) is 0 Å². The largest absolute Gasteiger partial charge is 0.311 e. The van der Waals surface area contributed by atoms with Crippen molar-refractivity contribution in [3.8, 4) is 0 Å². The maximum atomic E-state index is 3.81. The summed E-state index contributed by atoms with van der Waals surface area (Å²) in [5.41, 5.74) is 1.36. The van der Waals surface area contributed by atoms with E-state index in [1.165, 1.54) is 83.8 Å². The Balaban J connectivity index is 1.35. The molecule has 0 aromatic heterocycles. The maximum absolute atomic E-state index is 3.81. The number of nitrogens with one attached hydrogen (secondary N) is 1. The van der Waals surface area contributed by atoms with E-state index in [1.807, 2.05) is 0 Å². The first-order chi connectivity index (χ1) is 8.79. The van der Waals surface area contributed by atoms with Crippen LogP contribution in [-0.4, -0.2) is 36.1 Å². The van der Waals surface area contributed by atoms with Crippen LogP contribution in [0.4, 0.5) is 0 Å². The van der Waals surface area contributed by atoms with Crippen LogP contribution in [0.25, 0.3) is 0 Å². The van der Waals surface area contributed by atoms with Gasteiger partial charge in [0.1, 0.15) is 0 Å². The van der Waals surface area contributed by atoms with Crippen molar-refractivity contribution in [3.05, 3.63) is 0 Å². The second-order valence-corrected chi connectivity index (χ2v) is 7.67. The van der Waals surface area contributed by atoms with Crippen molar-refractivity contribution in [1.82, 2.24) is 10.2 Å². The molecule has 0 aromatic rings. The highest BCUT2D eigenvalue weighted by Gasteiger charge is 2.49. The molecule has 1 atom stereocenters. The molecule has 4 fully saturated rings. The summed E-state index contributed by atoms with van der Waals surface area (Å²) in [5, 5.41) is 3.81. The van der Waals surface area contributed by atoms with Gasteiger partial charge >= 0.3 is 0 Å². The van der Waals surface area contributed by atoms with Crippen molar-refractivity contribution in [2.24, 2.45) is 5.41 Å².